The van der Waals surface area contributed by atoms with Crippen molar-refractivity contribution in [2.45, 2.75) is 51.6 Å². The van der Waals surface area contributed by atoms with Crippen LogP contribution in [0, 0.1) is 17.8 Å². The third-order valence-corrected chi connectivity index (χ3v) is 6.27. The van der Waals surface area contributed by atoms with E-state index in [-0.39, 0.29) is 5.54 Å². The van der Waals surface area contributed by atoms with E-state index in [1.807, 2.05) is 0 Å². The zero-order chi connectivity index (χ0) is 15.2. The molecule has 3 aliphatic rings. The molecule has 3 unspecified atom stereocenters. The van der Waals surface area contributed by atoms with Gasteiger partial charge in [-0.05, 0) is 54.6 Å². The van der Waals surface area contributed by atoms with Gasteiger partial charge in [-0.15, -0.1) is 0 Å². The molecule has 0 spiro atoms. The van der Waals surface area contributed by atoms with Crippen LogP contribution in [0.3, 0.4) is 0 Å². The van der Waals surface area contributed by atoms with Crippen LogP contribution in [0.2, 0.25) is 0 Å². The molecule has 0 saturated heterocycles. The molecule has 3 aliphatic carbocycles. The normalized spacial score (nSPS) is 32.9. The van der Waals surface area contributed by atoms with Gasteiger partial charge in [0.1, 0.15) is 0 Å². The average molecular weight is 293 g/mol. The summed E-state index contributed by atoms with van der Waals surface area (Å²) in [4.78, 5) is 0. The lowest BCUT2D eigenvalue weighted by atomic mass is 9.72. The number of rotatable bonds is 4. The van der Waals surface area contributed by atoms with Crippen molar-refractivity contribution in [3.63, 3.8) is 0 Å². The summed E-state index contributed by atoms with van der Waals surface area (Å²) < 4.78 is 0. The zero-order valence-corrected chi connectivity index (χ0v) is 13.8. The third kappa shape index (κ3) is 2.27. The van der Waals surface area contributed by atoms with Gasteiger partial charge >= 0.3 is 0 Å². The van der Waals surface area contributed by atoms with Gasteiger partial charge in [-0.3, -0.25) is 0 Å². The molecule has 22 heavy (non-hydrogen) atoms. The Morgan fingerprint density at radius 1 is 1.14 bits per heavy atom. The lowest BCUT2D eigenvalue weighted by Gasteiger charge is -2.41. The van der Waals surface area contributed by atoms with Crippen LogP contribution in [0.1, 0.15) is 45.1 Å². The number of hydrogen-bond acceptors (Lipinski definition) is 1. The first-order chi connectivity index (χ1) is 10.7. The van der Waals surface area contributed by atoms with Crippen LogP contribution in [-0.2, 0) is 6.54 Å². The second-order valence-electron chi connectivity index (χ2n) is 7.73. The van der Waals surface area contributed by atoms with E-state index in [1.54, 1.807) is 11.1 Å². The van der Waals surface area contributed by atoms with Gasteiger partial charge in [-0.25, -0.2) is 0 Å². The van der Waals surface area contributed by atoms with E-state index in [0.717, 1.165) is 18.4 Å². The van der Waals surface area contributed by atoms with Crippen LogP contribution >= 0.6 is 0 Å². The SMILES string of the molecule is CC(C)C1(NCc2ccccc2)C=CC2=C(C1)C1CCC2C1. The minimum atomic E-state index is 0.138. The number of fused-ring (bicyclic) bond motifs is 4. The molecule has 1 aromatic carbocycles. The highest BCUT2D eigenvalue weighted by Gasteiger charge is 2.44. The van der Waals surface area contributed by atoms with Gasteiger partial charge in [0, 0.05) is 12.1 Å². The number of benzene rings is 1. The highest BCUT2D eigenvalue weighted by Crippen LogP contribution is 2.53. The summed E-state index contributed by atoms with van der Waals surface area (Å²) >= 11 is 0. The Hall–Kier alpha value is -1.34. The van der Waals surface area contributed by atoms with Crippen molar-refractivity contribution in [1.29, 1.82) is 0 Å². The Labute approximate surface area is 134 Å². The summed E-state index contributed by atoms with van der Waals surface area (Å²) in [5, 5.41) is 3.90. The molecule has 3 atom stereocenters. The lowest BCUT2D eigenvalue weighted by Crippen LogP contribution is -2.49. The van der Waals surface area contributed by atoms with E-state index in [0.29, 0.717) is 5.92 Å². The molecule has 1 N–H and O–H groups in total. The first-order valence-electron chi connectivity index (χ1n) is 8.89. The largest absolute Gasteiger partial charge is 0.303 e. The van der Waals surface area contributed by atoms with Crippen LogP contribution < -0.4 is 5.32 Å². The van der Waals surface area contributed by atoms with Crippen LogP contribution in [0.15, 0.2) is 53.6 Å². The Morgan fingerprint density at radius 3 is 2.68 bits per heavy atom. The average Bonchev–Trinajstić information content (AvgIpc) is 3.15. The number of allylic oxidation sites excluding steroid dienone is 2. The molecular weight excluding hydrogens is 266 g/mol. The van der Waals surface area contributed by atoms with Crippen molar-refractivity contribution in [3.05, 3.63) is 59.2 Å². The Kier molecular flexibility index (Phi) is 3.49. The van der Waals surface area contributed by atoms with E-state index in [9.17, 15) is 0 Å². The maximum Gasteiger partial charge on any atom is 0.0431 e. The standard InChI is InChI=1S/C21H27N/c1-15(2)21(22-14-16-6-4-3-5-7-16)11-10-19-17-8-9-18(12-17)20(19)13-21/h3-7,10-11,15,17-18,22H,8-9,12-14H2,1-2H3. The molecule has 0 aliphatic heterocycles. The maximum absolute atomic E-state index is 3.90. The van der Waals surface area contributed by atoms with Gasteiger partial charge in [-0.2, -0.15) is 0 Å². The fourth-order valence-electron chi connectivity index (χ4n) is 4.77. The highest BCUT2D eigenvalue weighted by atomic mass is 15.0. The molecule has 1 aromatic rings. The van der Waals surface area contributed by atoms with Gasteiger partial charge in [0.15, 0.2) is 0 Å². The Bertz CT molecular complexity index is 610. The predicted octanol–water partition coefficient (Wildman–Crippen LogP) is 4.86. The Morgan fingerprint density at radius 2 is 1.91 bits per heavy atom. The molecule has 1 fully saturated rings. The van der Waals surface area contributed by atoms with Crippen LogP contribution in [0.4, 0.5) is 0 Å². The van der Waals surface area contributed by atoms with Gasteiger partial charge in [0.05, 0.1) is 0 Å². The van der Waals surface area contributed by atoms with Crippen molar-refractivity contribution in [2.75, 3.05) is 0 Å². The molecule has 2 bridgehead atoms. The van der Waals surface area contributed by atoms with Crippen LogP contribution in [0.5, 0.6) is 0 Å². The van der Waals surface area contributed by atoms with E-state index in [4.69, 9.17) is 0 Å². The zero-order valence-electron chi connectivity index (χ0n) is 13.8. The topological polar surface area (TPSA) is 12.0 Å². The Balaban J connectivity index is 1.55. The molecule has 1 saturated carbocycles. The van der Waals surface area contributed by atoms with Gasteiger partial charge in [0.25, 0.3) is 0 Å². The van der Waals surface area contributed by atoms with Gasteiger partial charge in [0.2, 0.25) is 0 Å². The summed E-state index contributed by atoms with van der Waals surface area (Å²) in [7, 11) is 0. The molecule has 0 amide bonds. The van der Waals surface area contributed by atoms with Gasteiger partial charge < -0.3 is 5.32 Å². The first kappa shape index (κ1) is 14.3. The monoisotopic (exact) mass is 293 g/mol. The fraction of sp³-hybridized carbons (Fsp3) is 0.524. The van der Waals surface area contributed by atoms with E-state index in [2.05, 4.69) is 61.6 Å². The van der Waals surface area contributed by atoms with Crippen LogP contribution in [-0.4, -0.2) is 5.54 Å². The maximum atomic E-state index is 3.90. The molecule has 116 valence electrons. The van der Waals surface area contributed by atoms with Crippen molar-refractivity contribution in [1.82, 2.24) is 5.32 Å². The summed E-state index contributed by atoms with van der Waals surface area (Å²) in [6.45, 7) is 5.68. The lowest BCUT2D eigenvalue weighted by molar-refractivity contribution is 0.284. The van der Waals surface area contributed by atoms with Crippen molar-refractivity contribution >= 4 is 0 Å². The number of nitrogens with one attached hydrogen (secondary N) is 1. The van der Waals surface area contributed by atoms with Crippen LogP contribution in [0.25, 0.3) is 0 Å². The third-order valence-electron chi connectivity index (χ3n) is 6.27. The fourth-order valence-corrected chi connectivity index (χ4v) is 4.77. The highest BCUT2D eigenvalue weighted by molar-refractivity contribution is 5.44. The quantitative estimate of drug-likeness (QED) is 0.836. The smallest absolute Gasteiger partial charge is 0.0431 e. The molecule has 0 radical (unpaired) electrons. The van der Waals surface area contributed by atoms with E-state index in [1.165, 1.54) is 31.2 Å². The van der Waals surface area contributed by atoms with E-state index >= 15 is 0 Å². The molecule has 0 aromatic heterocycles. The second-order valence-corrected chi connectivity index (χ2v) is 7.73. The summed E-state index contributed by atoms with van der Waals surface area (Å²) in [6.07, 6.45) is 10.5. The molecule has 4 rings (SSSR count). The summed E-state index contributed by atoms with van der Waals surface area (Å²) in [5.41, 5.74) is 5.00. The molecular formula is C21H27N. The van der Waals surface area contributed by atoms with E-state index < -0.39 is 0 Å². The summed E-state index contributed by atoms with van der Waals surface area (Å²) in [6, 6.07) is 10.8. The van der Waals surface area contributed by atoms with Gasteiger partial charge in [-0.1, -0.05) is 61.9 Å². The minimum absolute atomic E-state index is 0.138. The molecule has 1 nitrogen and oxygen atoms in total. The predicted molar refractivity (Wildman–Crippen MR) is 92.5 cm³/mol. The van der Waals surface area contributed by atoms with Crippen molar-refractivity contribution in [2.24, 2.45) is 17.8 Å². The number of hydrogen-bond donors (Lipinski definition) is 1. The molecule has 0 heterocycles. The molecule has 1 heteroatoms. The second kappa shape index (κ2) is 5.38. The van der Waals surface area contributed by atoms with Crippen molar-refractivity contribution < 1.29 is 0 Å². The minimum Gasteiger partial charge on any atom is -0.303 e. The summed E-state index contributed by atoms with van der Waals surface area (Å²) in [5.74, 6) is 2.39. The van der Waals surface area contributed by atoms with Crippen molar-refractivity contribution in [3.8, 4) is 0 Å². The first-order valence-corrected chi connectivity index (χ1v) is 8.89.